The Hall–Kier alpha value is -2.36. The monoisotopic (exact) mass is 420 g/mol. The summed E-state index contributed by atoms with van der Waals surface area (Å²) >= 11 is 1.32. The maximum Gasteiger partial charge on any atom is 0.326 e. The lowest BCUT2D eigenvalue weighted by Crippen LogP contribution is -2.52. The van der Waals surface area contributed by atoms with Gasteiger partial charge in [0.25, 0.3) is 0 Å². The Labute approximate surface area is 167 Å². The number of benzene rings is 2. The van der Waals surface area contributed by atoms with Gasteiger partial charge >= 0.3 is 5.97 Å². The van der Waals surface area contributed by atoms with Crippen molar-refractivity contribution in [1.82, 2.24) is 9.62 Å². The third-order valence-electron chi connectivity index (χ3n) is 4.39. The van der Waals surface area contributed by atoms with Crippen LogP contribution in [-0.2, 0) is 26.0 Å². The van der Waals surface area contributed by atoms with Gasteiger partial charge in [0.2, 0.25) is 15.9 Å². The van der Waals surface area contributed by atoms with Gasteiger partial charge in [0.1, 0.15) is 12.1 Å². The molecular formula is C19H20N2O5S2. The van der Waals surface area contributed by atoms with Crippen LogP contribution in [0.3, 0.4) is 0 Å². The molecule has 0 unspecified atom stereocenters. The van der Waals surface area contributed by atoms with Crippen molar-refractivity contribution in [2.24, 2.45) is 0 Å². The lowest BCUT2D eigenvalue weighted by Gasteiger charge is -2.24. The summed E-state index contributed by atoms with van der Waals surface area (Å²) < 4.78 is 26.9. The third-order valence-corrected chi connectivity index (χ3v) is 7.44. The number of carbonyl (C=O) groups is 2. The second-order valence-electron chi connectivity index (χ2n) is 6.31. The SMILES string of the molecule is O=C(O)[C@H](Cc1ccccc1)NC(=O)[C@H]1CSCN1S(=O)(=O)c1ccccc1. The van der Waals surface area contributed by atoms with Gasteiger partial charge in [-0.1, -0.05) is 48.5 Å². The second kappa shape index (κ2) is 8.76. The fourth-order valence-corrected chi connectivity index (χ4v) is 6.09. The standard InChI is InChI=1S/C19H20N2O5S2/c22-18(20-16(19(23)24)11-14-7-3-1-4-8-14)17-12-27-13-21(17)28(25,26)15-9-5-2-6-10-15/h1-10,16-17H,11-13H2,(H,20,22)(H,23,24)/t16-,17+/m0/s1. The number of aliphatic carboxylic acids is 1. The predicted molar refractivity (Wildman–Crippen MR) is 106 cm³/mol. The average Bonchev–Trinajstić information content (AvgIpc) is 3.20. The molecule has 1 amide bonds. The number of sulfonamides is 1. The molecule has 148 valence electrons. The van der Waals surface area contributed by atoms with Crippen LogP contribution < -0.4 is 5.32 Å². The Morgan fingerprint density at radius 3 is 2.32 bits per heavy atom. The number of amides is 1. The molecule has 1 aliphatic heterocycles. The minimum absolute atomic E-state index is 0.106. The van der Waals surface area contributed by atoms with Gasteiger partial charge in [0.05, 0.1) is 10.8 Å². The molecule has 0 aliphatic carbocycles. The van der Waals surface area contributed by atoms with E-state index < -0.39 is 34.0 Å². The van der Waals surface area contributed by atoms with Crippen LogP contribution in [0.2, 0.25) is 0 Å². The van der Waals surface area contributed by atoms with Gasteiger partial charge in [-0.2, -0.15) is 4.31 Å². The molecule has 2 N–H and O–H groups in total. The number of carboxylic acids is 1. The Kier molecular flexibility index (Phi) is 6.38. The highest BCUT2D eigenvalue weighted by Crippen LogP contribution is 2.28. The molecule has 1 aliphatic rings. The molecule has 0 bridgehead atoms. The first-order valence-electron chi connectivity index (χ1n) is 8.61. The predicted octanol–water partition coefficient (Wildman–Crippen LogP) is 1.56. The Balaban J connectivity index is 1.76. The van der Waals surface area contributed by atoms with Crippen molar-refractivity contribution in [2.75, 3.05) is 11.6 Å². The van der Waals surface area contributed by atoms with Crippen LogP contribution in [0.5, 0.6) is 0 Å². The fraction of sp³-hybridized carbons (Fsp3) is 0.263. The van der Waals surface area contributed by atoms with Crippen LogP contribution in [0, 0.1) is 0 Å². The van der Waals surface area contributed by atoms with E-state index in [1.807, 2.05) is 6.07 Å². The van der Waals surface area contributed by atoms with Crippen molar-refractivity contribution in [3.05, 3.63) is 66.2 Å². The molecule has 2 aromatic rings. The van der Waals surface area contributed by atoms with E-state index in [1.165, 1.54) is 23.9 Å². The van der Waals surface area contributed by atoms with Gasteiger partial charge in [-0.3, -0.25) is 4.79 Å². The highest BCUT2D eigenvalue weighted by molar-refractivity contribution is 8.00. The first kappa shape index (κ1) is 20.4. The van der Waals surface area contributed by atoms with Crippen LogP contribution in [0.15, 0.2) is 65.6 Å². The molecule has 1 heterocycles. The fourth-order valence-electron chi connectivity index (χ4n) is 2.92. The minimum atomic E-state index is -3.84. The van der Waals surface area contributed by atoms with Crippen molar-refractivity contribution < 1.29 is 23.1 Å². The summed E-state index contributed by atoms with van der Waals surface area (Å²) in [7, 11) is -3.84. The number of carbonyl (C=O) groups excluding carboxylic acids is 1. The summed E-state index contributed by atoms with van der Waals surface area (Å²) in [5.41, 5.74) is 0.768. The molecule has 2 atom stereocenters. The summed E-state index contributed by atoms with van der Waals surface area (Å²) in [6.45, 7) is 0. The van der Waals surface area contributed by atoms with Crippen LogP contribution in [0.25, 0.3) is 0 Å². The third kappa shape index (κ3) is 4.54. The molecule has 2 aromatic carbocycles. The number of thioether (sulfide) groups is 1. The molecule has 1 fully saturated rings. The van der Waals surface area contributed by atoms with Crippen LogP contribution in [-0.4, -0.2) is 53.4 Å². The molecule has 3 rings (SSSR count). The number of hydrogen-bond acceptors (Lipinski definition) is 5. The molecule has 0 radical (unpaired) electrons. The van der Waals surface area contributed by atoms with E-state index >= 15 is 0 Å². The lowest BCUT2D eigenvalue weighted by molar-refractivity contribution is -0.142. The van der Waals surface area contributed by atoms with Gasteiger partial charge < -0.3 is 10.4 Å². The Bertz CT molecular complexity index is 935. The summed E-state index contributed by atoms with van der Waals surface area (Å²) in [6.07, 6.45) is 0.118. The Morgan fingerprint density at radius 2 is 1.71 bits per heavy atom. The van der Waals surface area contributed by atoms with Crippen molar-refractivity contribution in [3.63, 3.8) is 0 Å². The summed E-state index contributed by atoms with van der Waals surface area (Å²) in [5.74, 6) is -1.35. The van der Waals surface area contributed by atoms with Crippen LogP contribution in [0.4, 0.5) is 0 Å². The van der Waals surface area contributed by atoms with Gasteiger partial charge in [0.15, 0.2) is 0 Å². The van der Waals surface area contributed by atoms with E-state index in [4.69, 9.17) is 0 Å². The topological polar surface area (TPSA) is 104 Å². The minimum Gasteiger partial charge on any atom is -0.480 e. The Morgan fingerprint density at radius 1 is 1.11 bits per heavy atom. The maximum atomic E-state index is 12.9. The lowest BCUT2D eigenvalue weighted by atomic mass is 10.1. The number of rotatable bonds is 7. The summed E-state index contributed by atoms with van der Waals surface area (Å²) in [4.78, 5) is 24.5. The number of carboxylic acid groups (broad SMARTS) is 1. The zero-order valence-corrected chi connectivity index (χ0v) is 16.5. The van der Waals surface area contributed by atoms with Crippen molar-refractivity contribution in [1.29, 1.82) is 0 Å². The smallest absolute Gasteiger partial charge is 0.326 e. The number of nitrogens with one attached hydrogen (secondary N) is 1. The van der Waals surface area contributed by atoms with E-state index in [2.05, 4.69) is 5.32 Å². The molecule has 1 saturated heterocycles. The second-order valence-corrected chi connectivity index (χ2v) is 9.20. The summed E-state index contributed by atoms with van der Waals surface area (Å²) in [6, 6.07) is 14.8. The van der Waals surface area contributed by atoms with Gasteiger partial charge in [0, 0.05) is 12.2 Å². The van der Waals surface area contributed by atoms with E-state index in [-0.39, 0.29) is 22.9 Å². The summed E-state index contributed by atoms with van der Waals surface area (Å²) in [5, 5.41) is 12.0. The zero-order chi connectivity index (χ0) is 20.1. The zero-order valence-electron chi connectivity index (χ0n) is 14.9. The van der Waals surface area contributed by atoms with E-state index in [1.54, 1.807) is 42.5 Å². The maximum absolute atomic E-state index is 12.9. The average molecular weight is 421 g/mol. The first-order chi connectivity index (χ1) is 13.4. The molecular weight excluding hydrogens is 400 g/mol. The normalized spacial score (nSPS) is 18.5. The van der Waals surface area contributed by atoms with Crippen LogP contribution >= 0.6 is 11.8 Å². The van der Waals surface area contributed by atoms with Crippen molar-refractivity contribution >= 4 is 33.7 Å². The van der Waals surface area contributed by atoms with E-state index in [9.17, 15) is 23.1 Å². The highest BCUT2D eigenvalue weighted by atomic mass is 32.2. The van der Waals surface area contributed by atoms with Crippen LogP contribution in [0.1, 0.15) is 5.56 Å². The largest absolute Gasteiger partial charge is 0.480 e. The van der Waals surface area contributed by atoms with Gasteiger partial charge in [-0.25, -0.2) is 13.2 Å². The molecule has 28 heavy (non-hydrogen) atoms. The molecule has 9 heteroatoms. The van der Waals surface area contributed by atoms with Gasteiger partial charge in [-0.15, -0.1) is 11.8 Å². The quantitative estimate of drug-likeness (QED) is 0.705. The molecule has 0 spiro atoms. The van der Waals surface area contributed by atoms with Crippen molar-refractivity contribution in [2.45, 2.75) is 23.4 Å². The van der Waals surface area contributed by atoms with E-state index in [0.717, 1.165) is 9.87 Å². The van der Waals surface area contributed by atoms with E-state index in [0.29, 0.717) is 0 Å². The first-order valence-corrected chi connectivity index (χ1v) is 11.2. The number of hydrogen-bond donors (Lipinski definition) is 2. The van der Waals surface area contributed by atoms with Crippen molar-refractivity contribution in [3.8, 4) is 0 Å². The highest BCUT2D eigenvalue weighted by Gasteiger charge is 2.41. The molecule has 7 nitrogen and oxygen atoms in total. The number of nitrogens with zero attached hydrogens (tertiary/aromatic N) is 1. The molecule has 0 saturated carbocycles. The molecule has 0 aromatic heterocycles. The van der Waals surface area contributed by atoms with Gasteiger partial charge in [-0.05, 0) is 17.7 Å².